The van der Waals surface area contributed by atoms with Gasteiger partial charge in [-0.1, -0.05) is 23.5 Å². The van der Waals surface area contributed by atoms with E-state index in [4.69, 9.17) is 0 Å². The van der Waals surface area contributed by atoms with Crippen molar-refractivity contribution in [2.24, 2.45) is 4.99 Å². The summed E-state index contributed by atoms with van der Waals surface area (Å²) < 4.78 is 15.2. The van der Waals surface area contributed by atoms with Crippen LogP contribution >= 0.6 is 23.7 Å². The number of hydrogen-bond donors (Lipinski definition) is 1. The first-order valence-electron chi connectivity index (χ1n) is 8.08. The molecular formula is C19H19ClFN3O2S. The minimum Gasteiger partial charge on any atom is -0.395 e. The zero-order chi connectivity index (χ0) is 18.7. The molecule has 0 radical (unpaired) electrons. The third-order valence-electron chi connectivity index (χ3n) is 3.89. The van der Waals surface area contributed by atoms with Crippen LogP contribution in [0.15, 0.2) is 47.6 Å². The van der Waals surface area contributed by atoms with Gasteiger partial charge in [0.2, 0.25) is 0 Å². The number of aromatic nitrogens is 2. The maximum Gasteiger partial charge on any atom is 0.190 e. The van der Waals surface area contributed by atoms with Crippen LogP contribution in [-0.2, 0) is 6.54 Å². The van der Waals surface area contributed by atoms with E-state index < -0.39 is 0 Å². The molecule has 27 heavy (non-hydrogen) atoms. The molecule has 0 fully saturated rings. The number of hydrogen-bond acceptors (Lipinski definition) is 5. The van der Waals surface area contributed by atoms with E-state index >= 15 is 0 Å². The first kappa shape index (κ1) is 21.0. The Bertz CT molecular complexity index is 1010. The number of ketones is 1. The van der Waals surface area contributed by atoms with Gasteiger partial charge in [0.05, 0.1) is 29.1 Å². The van der Waals surface area contributed by atoms with Crippen molar-refractivity contribution < 1.29 is 14.3 Å². The molecule has 142 valence electrons. The first-order chi connectivity index (χ1) is 12.5. The summed E-state index contributed by atoms with van der Waals surface area (Å²) >= 11 is 1.29. The molecule has 0 aliphatic carbocycles. The number of halogens is 2. The smallest absolute Gasteiger partial charge is 0.190 e. The second kappa shape index (κ2) is 9.03. The summed E-state index contributed by atoms with van der Waals surface area (Å²) in [5.41, 5.74) is 2.75. The number of pyridine rings is 1. The Morgan fingerprint density at radius 2 is 2.11 bits per heavy atom. The maximum atomic E-state index is 13.3. The van der Waals surface area contributed by atoms with Crippen molar-refractivity contribution in [1.82, 2.24) is 9.55 Å². The SMILES string of the molecule is CC(=O)c1s/c(=N\c2ccc(-c3cccc(F)c3)nc2)n(CCO)c1C.Cl. The van der Waals surface area contributed by atoms with E-state index in [-0.39, 0.29) is 30.6 Å². The van der Waals surface area contributed by atoms with Gasteiger partial charge in [-0.25, -0.2) is 9.38 Å². The number of benzene rings is 1. The van der Waals surface area contributed by atoms with Gasteiger partial charge in [-0.2, -0.15) is 0 Å². The second-order valence-corrected chi connectivity index (χ2v) is 6.73. The van der Waals surface area contributed by atoms with Crippen molar-refractivity contribution in [3.05, 3.63) is 63.8 Å². The van der Waals surface area contributed by atoms with Crippen molar-refractivity contribution in [1.29, 1.82) is 0 Å². The molecule has 0 bridgehead atoms. The molecule has 2 heterocycles. The van der Waals surface area contributed by atoms with Crippen molar-refractivity contribution in [2.75, 3.05) is 6.61 Å². The second-order valence-electron chi connectivity index (χ2n) is 5.75. The van der Waals surface area contributed by atoms with Crippen molar-refractivity contribution in [3.8, 4) is 11.3 Å². The average molecular weight is 408 g/mol. The van der Waals surface area contributed by atoms with Crippen LogP contribution in [0.1, 0.15) is 22.3 Å². The van der Waals surface area contributed by atoms with Gasteiger partial charge in [-0.15, -0.1) is 12.4 Å². The molecule has 0 unspecified atom stereocenters. The molecule has 5 nitrogen and oxygen atoms in total. The summed E-state index contributed by atoms with van der Waals surface area (Å²) in [7, 11) is 0. The van der Waals surface area contributed by atoms with Gasteiger partial charge in [0, 0.05) is 24.7 Å². The number of carbonyl (C=O) groups excluding carboxylic acids is 1. The standard InChI is InChI=1S/C19H18FN3O2S.ClH/c1-12-18(13(2)25)26-19(23(12)8-9-24)22-16-6-7-17(21-11-16)14-4-3-5-15(20)10-14;/h3-7,10-11,24H,8-9H2,1-2H3;1H/b22-19-;. The summed E-state index contributed by atoms with van der Waals surface area (Å²) in [5.74, 6) is -0.339. The lowest BCUT2D eigenvalue weighted by molar-refractivity contribution is 0.102. The molecule has 0 aliphatic heterocycles. The number of aliphatic hydroxyl groups is 1. The predicted octanol–water partition coefficient (Wildman–Crippen LogP) is 3.91. The van der Waals surface area contributed by atoms with Gasteiger partial charge >= 0.3 is 0 Å². The molecule has 0 saturated heterocycles. The highest BCUT2D eigenvalue weighted by molar-refractivity contribution is 7.11. The minimum absolute atomic E-state index is 0. The Morgan fingerprint density at radius 1 is 1.33 bits per heavy atom. The molecule has 0 atom stereocenters. The number of nitrogens with zero attached hydrogens (tertiary/aromatic N) is 3. The Kier molecular flexibility index (Phi) is 7.01. The van der Waals surface area contributed by atoms with Crippen LogP contribution in [-0.4, -0.2) is 27.0 Å². The molecule has 0 aliphatic rings. The fraction of sp³-hybridized carbons (Fsp3) is 0.211. The van der Waals surface area contributed by atoms with E-state index in [1.54, 1.807) is 30.5 Å². The van der Waals surface area contributed by atoms with E-state index in [1.807, 2.05) is 11.5 Å². The largest absolute Gasteiger partial charge is 0.395 e. The number of carbonyl (C=O) groups is 1. The van der Waals surface area contributed by atoms with Crippen LogP contribution in [0, 0.1) is 12.7 Å². The fourth-order valence-corrected chi connectivity index (χ4v) is 3.71. The summed E-state index contributed by atoms with van der Waals surface area (Å²) in [4.78, 5) is 21.9. The average Bonchev–Trinajstić information content (AvgIpc) is 2.92. The lowest BCUT2D eigenvalue weighted by Gasteiger charge is -2.04. The molecule has 0 saturated carbocycles. The maximum absolute atomic E-state index is 13.3. The monoisotopic (exact) mass is 407 g/mol. The van der Waals surface area contributed by atoms with Crippen LogP contribution in [0.2, 0.25) is 0 Å². The number of aliphatic hydroxyl groups excluding tert-OH is 1. The van der Waals surface area contributed by atoms with Crippen molar-refractivity contribution in [3.63, 3.8) is 0 Å². The zero-order valence-electron chi connectivity index (χ0n) is 14.8. The highest BCUT2D eigenvalue weighted by Gasteiger charge is 2.13. The van der Waals surface area contributed by atoms with E-state index in [1.165, 1.54) is 30.4 Å². The third-order valence-corrected chi connectivity index (χ3v) is 5.18. The van der Waals surface area contributed by atoms with Crippen LogP contribution in [0.5, 0.6) is 0 Å². The molecule has 0 spiro atoms. The van der Waals surface area contributed by atoms with E-state index in [0.29, 0.717) is 33.2 Å². The number of thiazole rings is 1. The molecule has 3 rings (SSSR count). The number of Topliss-reactive ketones (excluding diaryl/α,β-unsaturated/α-hetero) is 1. The fourth-order valence-electron chi connectivity index (χ4n) is 2.64. The van der Waals surface area contributed by atoms with Crippen LogP contribution in [0.4, 0.5) is 10.1 Å². The van der Waals surface area contributed by atoms with E-state index in [9.17, 15) is 14.3 Å². The highest BCUT2D eigenvalue weighted by atomic mass is 35.5. The van der Waals surface area contributed by atoms with Gasteiger partial charge in [-0.3, -0.25) is 9.78 Å². The van der Waals surface area contributed by atoms with Gasteiger partial charge < -0.3 is 9.67 Å². The first-order valence-corrected chi connectivity index (χ1v) is 8.90. The van der Waals surface area contributed by atoms with Crippen LogP contribution < -0.4 is 4.80 Å². The molecule has 2 aromatic heterocycles. The summed E-state index contributed by atoms with van der Waals surface area (Å²) in [6, 6.07) is 9.81. The molecule has 8 heteroatoms. The summed E-state index contributed by atoms with van der Waals surface area (Å²) in [6.45, 7) is 3.68. The Hall–Kier alpha value is -2.35. The quantitative estimate of drug-likeness (QED) is 0.652. The van der Waals surface area contributed by atoms with E-state index in [0.717, 1.165) is 5.69 Å². The third kappa shape index (κ3) is 4.68. The van der Waals surface area contributed by atoms with Gasteiger partial charge in [0.1, 0.15) is 5.82 Å². The topological polar surface area (TPSA) is 67.5 Å². The minimum atomic E-state index is -0.311. The molecular weight excluding hydrogens is 389 g/mol. The lowest BCUT2D eigenvalue weighted by Crippen LogP contribution is -2.18. The normalized spacial score (nSPS) is 11.3. The van der Waals surface area contributed by atoms with Gasteiger partial charge in [-0.05, 0) is 31.2 Å². The van der Waals surface area contributed by atoms with Crippen molar-refractivity contribution in [2.45, 2.75) is 20.4 Å². The Morgan fingerprint density at radius 3 is 2.70 bits per heavy atom. The molecule has 1 aromatic carbocycles. The van der Waals surface area contributed by atoms with Gasteiger partial charge in [0.15, 0.2) is 10.6 Å². The zero-order valence-corrected chi connectivity index (χ0v) is 16.5. The van der Waals surface area contributed by atoms with Crippen LogP contribution in [0.3, 0.4) is 0 Å². The lowest BCUT2D eigenvalue weighted by atomic mass is 10.1. The van der Waals surface area contributed by atoms with Crippen LogP contribution in [0.25, 0.3) is 11.3 Å². The van der Waals surface area contributed by atoms with Gasteiger partial charge in [0.25, 0.3) is 0 Å². The highest BCUT2D eigenvalue weighted by Crippen LogP contribution is 2.21. The van der Waals surface area contributed by atoms with Crippen molar-refractivity contribution >= 4 is 35.2 Å². The Labute approximate surface area is 166 Å². The molecule has 3 aromatic rings. The molecule has 0 amide bonds. The van der Waals surface area contributed by atoms with E-state index in [2.05, 4.69) is 9.98 Å². The number of rotatable bonds is 5. The predicted molar refractivity (Wildman–Crippen MR) is 106 cm³/mol. The summed E-state index contributed by atoms with van der Waals surface area (Å²) in [6.07, 6.45) is 1.60. The molecule has 1 N–H and O–H groups in total. The summed E-state index contributed by atoms with van der Waals surface area (Å²) in [5, 5.41) is 9.28. The Balaban J connectivity index is 0.00000261.